The van der Waals surface area contributed by atoms with Crippen LogP contribution in [0.15, 0.2) is 24.0 Å². The molecule has 0 radical (unpaired) electrons. The van der Waals surface area contributed by atoms with Gasteiger partial charge in [-0.2, -0.15) is 0 Å². The minimum Gasteiger partial charge on any atom is -0.471 e. The molecule has 1 unspecified atom stereocenters. The van der Waals surface area contributed by atoms with Gasteiger partial charge in [0.05, 0.1) is 17.7 Å². The quantitative estimate of drug-likeness (QED) is 0.866. The fraction of sp³-hybridized carbons (Fsp3) is 0.429. The summed E-state index contributed by atoms with van der Waals surface area (Å²) in [6.07, 6.45) is 6.58. The van der Waals surface area contributed by atoms with Gasteiger partial charge < -0.3 is 9.64 Å². The van der Waals surface area contributed by atoms with E-state index in [9.17, 15) is 4.79 Å². The highest BCUT2D eigenvalue weighted by atomic mass is 32.1. The normalized spacial score (nSPS) is 18.5. The Morgan fingerprint density at radius 3 is 3.10 bits per heavy atom. The number of thiazole rings is 1. The predicted molar refractivity (Wildman–Crippen MR) is 78.4 cm³/mol. The summed E-state index contributed by atoms with van der Waals surface area (Å²) < 4.78 is 5.79. The van der Waals surface area contributed by atoms with E-state index >= 15 is 0 Å². The fourth-order valence-electron chi connectivity index (χ4n) is 2.36. The molecule has 0 aromatic carbocycles. The van der Waals surface area contributed by atoms with E-state index in [0.29, 0.717) is 18.1 Å². The smallest absolute Gasteiger partial charge is 0.273 e. The number of aromatic nitrogens is 3. The second-order valence-electron chi connectivity index (χ2n) is 4.93. The molecule has 2 aromatic heterocycles. The molecule has 6 nitrogen and oxygen atoms in total. The molecule has 21 heavy (non-hydrogen) atoms. The molecule has 3 rings (SSSR count). The molecule has 3 heterocycles. The van der Waals surface area contributed by atoms with Crippen LogP contribution < -0.4 is 4.74 Å². The number of nitrogens with zero attached hydrogens (tertiary/aromatic N) is 4. The van der Waals surface area contributed by atoms with Crippen molar-refractivity contribution >= 4 is 17.2 Å². The highest BCUT2D eigenvalue weighted by molar-refractivity contribution is 7.09. The van der Waals surface area contributed by atoms with Gasteiger partial charge >= 0.3 is 0 Å². The average molecular weight is 304 g/mol. The maximum Gasteiger partial charge on any atom is 0.273 e. The minimum absolute atomic E-state index is 0.0215. The predicted octanol–water partition coefficient (Wildman–Crippen LogP) is 1.93. The van der Waals surface area contributed by atoms with Gasteiger partial charge in [0.1, 0.15) is 11.8 Å². The Hall–Kier alpha value is -2.02. The lowest BCUT2D eigenvalue weighted by atomic mass is 10.1. The number of piperidine rings is 1. The number of hydrogen-bond acceptors (Lipinski definition) is 6. The molecule has 0 aliphatic carbocycles. The third-order valence-electron chi connectivity index (χ3n) is 3.33. The van der Waals surface area contributed by atoms with Gasteiger partial charge in [-0.25, -0.2) is 9.97 Å². The Labute approximate surface area is 126 Å². The topological polar surface area (TPSA) is 68.2 Å². The molecule has 1 amide bonds. The van der Waals surface area contributed by atoms with Crippen LogP contribution >= 0.6 is 11.3 Å². The van der Waals surface area contributed by atoms with Crippen molar-refractivity contribution in [3.05, 3.63) is 34.7 Å². The van der Waals surface area contributed by atoms with Crippen molar-refractivity contribution in [2.24, 2.45) is 0 Å². The highest BCUT2D eigenvalue weighted by Crippen LogP contribution is 2.18. The van der Waals surface area contributed by atoms with E-state index in [1.54, 1.807) is 23.5 Å². The van der Waals surface area contributed by atoms with Gasteiger partial charge in [0, 0.05) is 24.3 Å². The SMILES string of the molecule is Cc1nc(C(=O)N2CCCC(Oc3cnccn3)C2)cs1. The van der Waals surface area contributed by atoms with E-state index in [0.717, 1.165) is 24.4 Å². The lowest BCUT2D eigenvalue weighted by Crippen LogP contribution is -2.44. The molecule has 1 saturated heterocycles. The lowest BCUT2D eigenvalue weighted by Gasteiger charge is -2.32. The van der Waals surface area contributed by atoms with Gasteiger partial charge in [0.2, 0.25) is 5.88 Å². The van der Waals surface area contributed by atoms with E-state index in [1.165, 1.54) is 11.3 Å². The van der Waals surface area contributed by atoms with Crippen LogP contribution in [0.2, 0.25) is 0 Å². The van der Waals surface area contributed by atoms with Crippen LogP contribution in [0.25, 0.3) is 0 Å². The molecule has 0 bridgehead atoms. The first-order valence-electron chi connectivity index (χ1n) is 6.86. The second kappa shape index (κ2) is 6.17. The van der Waals surface area contributed by atoms with Crippen LogP contribution in [-0.4, -0.2) is 45.0 Å². The van der Waals surface area contributed by atoms with Crippen molar-refractivity contribution in [1.82, 2.24) is 19.9 Å². The number of carbonyl (C=O) groups is 1. The Morgan fingerprint density at radius 2 is 2.38 bits per heavy atom. The Morgan fingerprint density at radius 1 is 1.48 bits per heavy atom. The lowest BCUT2D eigenvalue weighted by molar-refractivity contribution is 0.0522. The monoisotopic (exact) mass is 304 g/mol. The highest BCUT2D eigenvalue weighted by Gasteiger charge is 2.27. The van der Waals surface area contributed by atoms with Crippen LogP contribution in [0.1, 0.15) is 28.3 Å². The molecule has 1 atom stereocenters. The molecule has 1 fully saturated rings. The largest absolute Gasteiger partial charge is 0.471 e. The zero-order valence-corrected chi connectivity index (χ0v) is 12.5. The summed E-state index contributed by atoms with van der Waals surface area (Å²) in [4.78, 5) is 26.5. The van der Waals surface area contributed by atoms with E-state index in [1.807, 2.05) is 12.3 Å². The van der Waals surface area contributed by atoms with Gasteiger partial charge in [-0.15, -0.1) is 11.3 Å². The average Bonchev–Trinajstić information content (AvgIpc) is 2.94. The van der Waals surface area contributed by atoms with Gasteiger partial charge in [0.25, 0.3) is 5.91 Å². The Kier molecular flexibility index (Phi) is 4.10. The van der Waals surface area contributed by atoms with Gasteiger partial charge in [-0.05, 0) is 19.8 Å². The van der Waals surface area contributed by atoms with Crippen LogP contribution in [0, 0.1) is 6.92 Å². The molecular formula is C14H16N4O2S. The molecule has 110 valence electrons. The van der Waals surface area contributed by atoms with Crippen LogP contribution in [0.3, 0.4) is 0 Å². The third-order valence-corrected chi connectivity index (χ3v) is 4.10. The number of likely N-dealkylation sites (tertiary alicyclic amines) is 1. The Balaban J connectivity index is 1.64. The molecule has 0 N–H and O–H groups in total. The second-order valence-corrected chi connectivity index (χ2v) is 5.99. The standard InChI is InChI=1S/C14H16N4O2S/c1-10-17-12(9-21-10)14(19)18-6-2-3-11(8-18)20-13-7-15-4-5-16-13/h4-5,7,9,11H,2-3,6,8H2,1H3. The van der Waals surface area contributed by atoms with Crippen molar-refractivity contribution in [3.8, 4) is 5.88 Å². The summed E-state index contributed by atoms with van der Waals surface area (Å²) >= 11 is 1.49. The molecular weight excluding hydrogens is 288 g/mol. The van der Waals surface area contributed by atoms with Crippen molar-refractivity contribution < 1.29 is 9.53 Å². The van der Waals surface area contributed by atoms with Gasteiger partial charge in [-0.1, -0.05) is 0 Å². The van der Waals surface area contributed by atoms with Crippen molar-refractivity contribution in [2.45, 2.75) is 25.9 Å². The number of hydrogen-bond donors (Lipinski definition) is 0. The summed E-state index contributed by atoms with van der Waals surface area (Å²) in [6.45, 7) is 3.21. The Bertz CT molecular complexity index is 616. The minimum atomic E-state index is -0.0425. The zero-order chi connectivity index (χ0) is 14.7. The number of amides is 1. The summed E-state index contributed by atoms with van der Waals surface area (Å²) in [5, 5.41) is 2.72. The van der Waals surface area contributed by atoms with Crippen molar-refractivity contribution in [3.63, 3.8) is 0 Å². The number of aryl methyl sites for hydroxylation is 1. The van der Waals surface area contributed by atoms with Crippen LogP contribution in [-0.2, 0) is 0 Å². The first kappa shape index (κ1) is 13.9. The summed E-state index contributed by atoms with van der Waals surface area (Å²) in [7, 11) is 0. The molecule has 0 spiro atoms. The fourth-order valence-corrected chi connectivity index (χ4v) is 2.95. The number of ether oxygens (including phenoxy) is 1. The zero-order valence-electron chi connectivity index (χ0n) is 11.7. The summed E-state index contributed by atoms with van der Waals surface area (Å²) in [5.41, 5.74) is 0.526. The first-order chi connectivity index (χ1) is 10.2. The van der Waals surface area contributed by atoms with E-state index in [4.69, 9.17) is 4.74 Å². The molecule has 1 aliphatic heterocycles. The molecule has 1 aliphatic rings. The van der Waals surface area contributed by atoms with Crippen LogP contribution in [0.4, 0.5) is 0 Å². The van der Waals surface area contributed by atoms with Crippen molar-refractivity contribution in [1.29, 1.82) is 0 Å². The van der Waals surface area contributed by atoms with Crippen molar-refractivity contribution in [2.75, 3.05) is 13.1 Å². The van der Waals surface area contributed by atoms with Gasteiger partial charge in [0.15, 0.2) is 0 Å². The van der Waals surface area contributed by atoms with Gasteiger partial charge in [-0.3, -0.25) is 9.78 Å². The van der Waals surface area contributed by atoms with E-state index in [-0.39, 0.29) is 12.0 Å². The third kappa shape index (κ3) is 3.36. The summed E-state index contributed by atoms with van der Waals surface area (Å²) in [5.74, 6) is 0.480. The molecule has 2 aromatic rings. The number of carbonyl (C=O) groups excluding carboxylic acids is 1. The first-order valence-corrected chi connectivity index (χ1v) is 7.74. The number of rotatable bonds is 3. The maximum atomic E-state index is 12.4. The summed E-state index contributed by atoms with van der Waals surface area (Å²) in [6, 6.07) is 0. The maximum absolute atomic E-state index is 12.4. The van der Waals surface area contributed by atoms with E-state index < -0.39 is 0 Å². The van der Waals surface area contributed by atoms with E-state index in [2.05, 4.69) is 15.0 Å². The van der Waals surface area contributed by atoms with Crippen LogP contribution in [0.5, 0.6) is 5.88 Å². The molecule has 7 heteroatoms. The molecule has 0 saturated carbocycles.